The smallest absolute Gasteiger partial charge is 0.220 e. The minimum atomic E-state index is -3.09. The Balaban J connectivity index is 1.31. The Morgan fingerprint density at radius 2 is 1.82 bits per heavy atom. The topological polar surface area (TPSA) is 66.5 Å². The summed E-state index contributed by atoms with van der Waals surface area (Å²) >= 11 is 0. The van der Waals surface area contributed by atoms with Gasteiger partial charge in [0.15, 0.2) is 0 Å². The Morgan fingerprint density at radius 1 is 1.11 bits per heavy atom. The molecule has 1 spiro atoms. The summed E-state index contributed by atoms with van der Waals surface area (Å²) in [7, 11) is -3.09. The van der Waals surface area contributed by atoms with Crippen molar-refractivity contribution in [3.8, 4) is 0 Å². The van der Waals surface area contributed by atoms with Gasteiger partial charge >= 0.3 is 0 Å². The lowest BCUT2D eigenvalue weighted by Crippen LogP contribution is -2.45. The summed E-state index contributed by atoms with van der Waals surface area (Å²) < 4.78 is 27.0. The summed E-state index contributed by atoms with van der Waals surface area (Å²) in [4.78, 5) is 12.6. The zero-order valence-corrected chi connectivity index (χ0v) is 17.2. The van der Waals surface area contributed by atoms with E-state index in [1.54, 1.807) is 4.31 Å². The van der Waals surface area contributed by atoms with E-state index < -0.39 is 10.0 Å². The van der Waals surface area contributed by atoms with Crippen LogP contribution in [0.15, 0.2) is 24.3 Å². The number of nitrogens with one attached hydrogen (secondary N) is 1. The van der Waals surface area contributed by atoms with E-state index in [0.29, 0.717) is 25.6 Å². The Kier molecular flexibility index (Phi) is 4.55. The normalized spacial score (nSPS) is 27.4. The van der Waals surface area contributed by atoms with Gasteiger partial charge in [0.05, 0.1) is 5.25 Å². The summed E-state index contributed by atoms with van der Waals surface area (Å²) in [6.07, 6.45) is 8.37. The molecule has 1 heterocycles. The molecule has 0 bridgehead atoms. The molecule has 152 valence electrons. The Bertz CT molecular complexity index is 866. The minimum Gasteiger partial charge on any atom is -0.353 e. The predicted molar refractivity (Wildman–Crippen MR) is 109 cm³/mol. The highest BCUT2D eigenvalue weighted by Gasteiger charge is 2.49. The van der Waals surface area contributed by atoms with Gasteiger partial charge in [-0.25, -0.2) is 12.7 Å². The van der Waals surface area contributed by atoms with E-state index in [1.165, 1.54) is 17.5 Å². The number of nitrogens with zero attached hydrogens (tertiary/aromatic N) is 1. The number of sulfonamides is 1. The van der Waals surface area contributed by atoms with Gasteiger partial charge in [0.2, 0.25) is 15.9 Å². The van der Waals surface area contributed by atoms with Crippen LogP contribution in [0.1, 0.15) is 74.8 Å². The van der Waals surface area contributed by atoms with Gasteiger partial charge in [0.25, 0.3) is 0 Å². The Hall–Kier alpha value is -1.40. The van der Waals surface area contributed by atoms with E-state index in [4.69, 9.17) is 0 Å². The number of rotatable bonds is 5. The second kappa shape index (κ2) is 6.84. The van der Waals surface area contributed by atoms with E-state index >= 15 is 0 Å². The third-order valence-electron chi connectivity index (χ3n) is 7.50. The maximum absolute atomic E-state index is 12.6. The van der Waals surface area contributed by atoms with E-state index in [1.807, 2.05) is 0 Å². The summed E-state index contributed by atoms with van der Waals surface area (Å²) in [5.41, 5.74) is 2.71. The van der Waals surface area contributed by atoms with Gasteiger partial charge in [-0.05, 0) is 73.8 Å². The van der Waals surface area contributed by atoms with Crippen molar-refractivity contribution in [3.63, 3.8) is 0 Å². The molecule has 1 atom stereocenters. The quantitative estimate of drug-likeness (QED) is 0.823. The summed E-state index contributed by atoms with van der Waals surface area (Å²) in [5, 5.41) is 3.06. The molecule has 1 aromatic carbocycles. The van der Waals surface area contributed by atoms with E-state index in [-0.39, 0.29) is 22.5 Å². The summed E-state index contributed by atoms with van der Waals surface area (Å²) in [6, 6.07) is 8.93. The SMILES string of the molecule is O=C(CC1CC2(CCN(S(=O)(=O)C3CC3)CC2)c2ccccc21)NC1CCC1. The molecule has 0 aromatic heterocycles. The van der Waals surface area contributed by atoms with Crippen LogP contribution in [0.3, 0.4) is 0 Å². The number of carbonyl (C=O) groups is 1. The molecule has 28 heavy (non-hydrogen) atoms. The molecule has 6 heteroatoms. The van der Waals surface area contributed by atoms with E-state index in [2.05, 4.69) is 29.6 Å². The molecule has 5 rings (SSSR count). The Morgan fingerprint density at radius 3 is 2.46 bits per heavy atom. The molecular formula is C22H30N2O3S. The van der Waals surface area contributed by atoms with Crippen molar-refractivity contribution in [3.05, 3.63) is 35.4 Å². The van der Waals surface area contributed by atoms with Gasteiger partial charge in [-0.2, -0.15) is 0 Å². The fraction of sp³-hybridized carbons (Fsp3) is 0.682. The molecule has 3 fully saturated rings. The first kappa shape index (κ1) is 18.6. The molecule has 1 unspecified atom stereocenters. The summed E-state index contributed by atoms with van der Waals surface area (Å²) in [5.74, 6) is 0.429. The number of benzene rings is 1. The highest BCUT2D eigenvalue weighted by atomic mass is 32.2. The predicted octanol–water partition coefficient (Wildman–Crippen LogP) is 3.06. The van der Waals surface area contributed by atoms with Crippen molar-refractivity contribution < 1.29 is 13.2 Å². The fourth-order valence-electron chi connectivity index (χ4n) is 5.49. The molecule has 1 amide bonds. The molecule has 0 radical (unpaired) electrons. The van der Waals surface area contributed by atoms with Crippen LogP contribution in [-0.2, 0) is 20.2 Å². The molecule has 1 N–H and O–H groups in total. The van der Waals surface area contributed by atoms with E-state index in [0.717, 1.165) is 44.9 Å². The van der Waals surface area contributed by atoms with Crippen molar-refractivity contribution >= 4 is 15.9 Å². The number of amides is 1. The lowest BCUT2D eigenvalue weighted by Gasteiger charge is -2.40. The van der Waals surface area contributed by atoms with Crippen molar-refractivity contribution in [2.24, 2.45) is 0 Å². The largest absolute Gasteiger partial charge is 0.353 e. The molecule has 1 aromatic rings. The average molecular weight is 403 g/mol. The molecule has 5 nitrogen and oxygen atoms in total. The maximum atomic E-state index is 12.6. The van der Waals surface area contributed by atoms with Crippen LogP contribution in [0.2, 0.25) is 0 Å². The first-order valence-corrected chi connectivity index (χ1v) is 12.4. The number of hydrogen-bond donors (Lipinski definition) is 1. The van der Waals surface area contributed by atoms with E-state index in [9.17, 15) is 13.2 Å². The van der Waals surface area contributed by atoms with Crippen molar-refractivity contribution in [1.82, 2.24) is 9.62 Å². The molecule has 2 saturated carbocycles. The zero-order valence-electron chi connectivity index (χ0n) is 16.4. The zero-order chi connectivity index (χ0) is 19.4. The third kappa shape index (κ3) is 3.18. The third-order valence-corrected chi connectivity index (χ3v) is 9.90. The monoisotopic (exact) mass is 402 g/mol. The molecule has 3 aliphatic carbocycles. The standard InChI is InChI=1S/C22H30N2O3S/c25-21(23-17-4-3-5-17)14-16-15-22(20-7-2-1-6-19(16)20)10-12-24(13-11-22)28(26,27)18-8-9-18/h1-2,6-7,16-18H,3-5,8-15H2,(H,23,25). The lowest BCUT2D eigenvalue weighted by molar-refractivity contribution is -0.122. The van der Waals surface area contributed by atoms with Crippen LogP contribution in [0, 0.1) is 0 Å². The number of hydrogen-bond acceptors (Lipinski definition) is 3. The highest BCUT2D eigenvalue weighted by molar-refractivity contribution is 7.90. The molecular weight excluding hydrogens is 372 g/mol. The van der Waals surface area contributed by atoms with Crippen molar-refractivity contribution in [1.29, 1.82) is 0 Å². The van der Waals surface area contributed by atoms with Crippen LogP contribution in [-0.4, -0.2) is 43.0 Å². The molecule has 1 saturated heterocycles. The lowest BCUT2D eigenvalue weighted by atomic mass is 9.73. The van der Waals surface area contributed by atoms with Crippen LogP contribution < -0.4 is 5.32 Å². The van der Waals surface area contributed by atoms with Crippen LogP contribution in [0.25, 0.3) is 0 Å². The number of piperidine rings is 1. The first-order chi connectivity index (χ1) is 13.5. The van der Waals surface area contributed by atoms with Gasteiger partial charge in [0.1, 0.15) is 0 Å². The molecule has 1 aliphatic heterocycles. The minimum absolute atomic E-state index is 0.0353. The average Bonchev–Trinajstić information content (AvgIpc) is 3.47. The van der Waals surface area contributed by atoms with Gasteiger partial charge in [-0.1, -0.05) is 24.3 Å². The van der Waals surface area contributed by atoms with Crippen LogP contribution in [0.5, 0.6) is 0 Å². The summed E-state index contributed by atoms with van der Waals surface area (Å²) in [6.45, 7) is 1.24. The highest BCUT2D eigenvalue weighted by Crippen LogP contribution is 2.53. The second-order valence-corrected chi connectivity index (χ2v) is 11.5. The van der Waals surface area contributed by atoms with Crippen molar-refractivity contribution in [2.75, 3.05) is 13.1 Å². The fourth-order valence-corrected chi connectivity index (χ4v) is 7.34. The van der Waals surface area contributed by atoms with Crippen LogP contribution in [0.4, 0.5) is 0 Å². The first-order valence-electron chi connectivity index (χ1n) is 10.9. The van der Waals surface area contributed by atoms with Gasteiger partial charge in [0, 0.05) is 25.6 Å². The number of carbonyl (C=O) groups excluding carboxylic acids is 1. The van der Waals surface area contributed by atoms with Crippen molar-refractivity contribution in [2.45, 2.75) is 80.4 Å². The molecule has 4 aliphatic rings. The van der Waals surface area contributed by atoms with Crippen LogP contribution >= 0.6 is 0 Å². The van der Waals surface area contributed by atoms with Gasteiger partial charge in [-0.15, -0.1) is 0 Å². The maximum Gasteiger partial charge on any atom is 0.220 e. The Labute approximate surface area is 167 Å². The van der Waals surface area contributed by atoms with Gasteiger partial charge < -0.3 is 5.32 Å². The number of fused-ring (bicyclic) bond motifs is 2. The van der Waals surface area contributed by atoms with Gasteiger partial charge in [-0.3, -0.25) is 4.79 Å². The second-order valence-electron chi connectivity index (χ2n) is 9.31.